The Kier molecular flexibility index (Phi) is 14.1. The van der Waals surface area contributed by atoms with E-state index in [2.05, 4.69) is 41.4 Å². The molecule has 4 N–H and O–H groups in total. The zero-order chi connectivity index (χ0) is 53.7. The first-order chi connectivity index (χ1) is 35.5. The third kappa shape index (κ3) is 10.6. The average Bonchev–Trinajstić information content (AvgIpc) is 4.20. The first-order valence-electron chi connectivity index (χ1n) is 24.4. The number of hydrogen-bond donors (Lipinski definition) is 4. The maximum Gasteiger partial charge on any atom is 0.416 e. The number of benzene rings is 2. The molecule has 0 atom stereocenters. The van der Waals surface area contributed by atoms with Crippen LogP contribution in [-0.2, 0) is 28.9 Å². The highest BCUT2D eigenvalue weighted by atomic mass is 35.5. The fourth-order valence-corrected chi connectivity index (χ4v) is 11.5. The van der Waals surface area contributed by atoms with E-state index in [1.54, 1.807) is 13.8 Å². The number of nitrogens with one attached hydrogen (secondary N) is 4. The Morgan fingerprint density at radius 3 is 1.45 bits per heavy atom. The smallest absolute Gasteiger partial charge is 0.350 e. The quantitative estimate of drug-likeness (QED) is 0.0766. The van der Waals surface area contributed by atoms with Crippen molar-refractivity contribution < 1.29 is 55.1 Å². The standard InChI is InChI=1S/C27H27F4N5O3.C25H24ClF2N5O3/c1-16(37)26-9-6-25(7-10-26,8-11-26)15-33-24(39)21-12-20(35-22-19(28)14-34-36(21)22)23(38)32-13-17-2-4-18(5-3-17)27(29,30)31;1-14(34)25-6-4-24(12-25,5-7-25)13-30-23(36)20-9-19(32-21-18(28)11-31-33(20)21)22(35)29-10-15-2-3-17(27)16(26)8-15/h2-5,12,14H,6-11,13,15H2,1H3,(H,32,38)(H,33,39);2-3,8-9,11H,4-7,10,12-13H2,1H3,(H,29,35)(H,30,36). The Morgan fingerprint density at radius 1 is 0.560 bits per heavy atom. The lowest BCUT2D eigenvalue weighted by molar-refractivity contribution is -0.137. The lowest BCUT2D eigenvalue weighted by Crippen LogP contribution is -2.49. The van der Waals surface area contributed by atoms with E-state index in [0.29, 0.717) is 24.2 Å². The molecule has 11 rings (SSSR count). The summed E-state index contributed by atoms with van der Waals surface area (Å²) in [7, 11) is 0. The molecule has 4 aromatic heterocycles. The first kappa shape index (κ1) is 52.6. The van der Waals surface area contributed by atoms with Crippen LogP contribution in [0.25, 0.3) is 11.3 Å². The molecule has 0 unspecified atom stereocenters. The Hall–Kier alpha value is -7.23. The van der Waals surface area contributed by atoms with Crippen molar-refractivity contribution in [1.82, 2.24) is 50.5 Å². The SMILES string of the molecule is CC(=O)C12CCC(CNC(=O)c3cc(C(=O)NCc4ccc(C(F)(F)F)cc4)nc4c(F)cnn34)(CC1)CC2.CC(=O)C12CCC(CNC(=O)c3cc(C(=O)NCc4ccc(F)c(Cl)c4)nc4c(F)cnn34)(CC1)C2. The maximum absolute atomic E-state index is 14.4. The number of hydrogen-bond acceptors (Lipinski definition) is 10. The molecule has 0 aliphatic heterocycles. The van der Waals surface area contributed by atoms with Crippen molar-refractivity contribution in [3.8, 4) is 0 Å². The summed E-state index contributed by atoms with van der Waals surface area (Å²) in [5, 5.41) is 18.7. The lowest BCUT2D eigenvalue weighted by Gasteiger charge is -2.52. The van der Waals surface area contributed by atoms with Crippen LogP contribution in [0, 0.1) is 39.1 Å². The van der Waals surface area contributed by atoms with Gasteiger partial charge in [-0.1, -0.05) is 29.8 Å². The fourth-order valence-electron chi connectivity index (χ4n) is 11.3. The van der Waals surface area contributed by atoms with Gasteiger partial charge in [-0.2, -0.15) is 23.4 Å². The number of fused-ring (bicyclic) bond motifs is 7. The van der Waals surface area contributed by atoms with E-state index in [-0.39, 0.29) is 85.4 Å². The predicted molar refractivity (Wildman–Crippen MR) is 258 cm³/mol. The number of rotatable bonds is 14. The van der Waals surface area contributed by atoms with Crippen molar-refractivity contribution in [2.75, 3.05) is 13.1 Å². The molecule has 75 heavy (non-hydrogen) atoms. The Balaban J connectivity index is 0.000000184. The molecule has 0 radical (unpaired) electrons. The minimum absolute atomic E-state index is 0.0232. The van der Waals surface area contributed by atoms with Gasteiger partial charge in [-0.25, -0.2) is 32.2 Å². The number of ketones is 2. The van der Waals surface area contributed by atoms with Gasteiger partial charge in [-0.15, -0.1) is 0 Å². The van der Waals surface area contributed by atoms with Crippen LogP contribution in [0.15, 0.2) is 67.0 Å². The zero-order valence-electron chi connectivity index (χ0n) is 40.7. The largest absolute Gasteiger partial charge is 0.416 e. The van der Waals surface area contributed by atoms with E-state index >= 15 is 0 Å². The zero-order valence-corrected chi connectivity index (χ0v) is 41.5. The number of carbonyl (C=O) groups is 6. The van der Waals surface area contributed by atoms with Crippen molar-refractivity contribution in [3.63, 3.8) is 0 Å². The molecule has 23 heteroatoms. The van der Waals surface area contributed by atoms with E-state index in [4.69, 9.17) is 11.6 Å². The number of nitrogens with zero attached hydrogens (tertiary/aromatic N) is 6. The van der Waals surface area contributed by atoms with Crippen LogP contribution in [-0.4, -0.2) is 77.5 Å². The van der Waals surface area contributed by atoms with Gasteiger partial charge in [0, 0.05) is 49.1 Å². The van der Waals surface area contributed by atoms with Crippen LogP contribution in [0.3, 0.4) is 0 Å². The van der Waals surface area contributed by atoms with Crippen LogP contribution < -0.4 is 21.3 Å². The molecule has 6 aromatic rings. The lowest BCUT2D eigenvalue weighted by atomic mass is 9.52. The highest BCUT2D eigenvalue weighted by molar-refractivity contribution is 6.30. The number of aromatic nitrogens is 6. The minimum Gasteiger partial charge on any atom is -0.350 e. The third-order valence-corrected chi connectivity index (χ3v) is 16.4. The van der Waals surface area contributed by atoms with Crippen LogP contribution in [0.5, 0.6) is 0 Å². The maximum atomic E-state index is 14.4. The summed E-state index contributed by atoms with van der Waals surface area (Å²) in [6, 6.07) is 10.8. The molecule has 5 saturated carbocycles. The predicted octanol–water partition coefficient (Wildman–Crippen LogP) is 8.34. The van der Waals surface area contributed by atoms with Crippen molar-refractivity contribution in [1.29, 1.82) is 0 Å². The van der Waals surface area contributed by atoms with Crippen molar-refractivity contribution in [3.05, 3.63) is 129 Å². The number of amides is 4. The van der Waals surface area contributed by atoms with E-state index in [9.17, 15) is 55.1 Å². The molecule has 5 fully saturated rings. The topological polar surface area (TPSA) is 211 Å². The fraction of sp³-hybridized carbons (Fsp3) is 0.423. The van der Waals surface area contributed by atoms with E-state index < -0.39 is 52.8 Å². The van der Waals surface area contributed by atoms with Gasteiger partial charge in [0.05, 0.1) is 23.0 Å². The van der Waals surface area contributed by atoms with Gasteiger partial charge in [0.15, 0.2) is 22.9 Å². The molecule has 4 bridgehead atoms. The van der Waals surface area contributed by atoms with Gasteiger partial charge in [0.2, 0.25) is 0 Å². The molecule has 2 aromatic carbocycles. The van der Waals surface area contributed by atoms with Gasteiger partial charge >= 0.3 is 6.18 Å². The van der Waals surface area contributed by atoms with Gasteiger partial charge in [0.25, 0.3) is 23.6 Å². The normalized spacial score (nSPS) is 22.6. The number of alkyl halides is 3. The summed E-state index contributed by atoms with van der Waals surface area (Å²) < 4.78 is 82.5. The number of carbonyl (C=O) groups excluding carboxylic acids is 6. The van der Waals surface area contributed by atoms with E-state index in [1.165, 1.54) is 42.5 Å². The average molecular weight is 1060 g/mol. The molecule has 4 heterocycles. The number of Topliss-reactive ketones (excluding diaryl/α,β-unsaturated/α-hetero) is 2. The molecular formula is C52H51ClF6N10O6. The molecule has 4 amide bonds. The highest BCUT2D eigenvalue weighted by Crippen LogP contribution is 2.61. The molecule has 0 spiro atoms. The summed E-state index contributed by atoms with van der Waals surface area (Å²) in [6.45, 7) is 3.96. The molecule has 5 aliphatic carbocycles. The van der Waals surface area contributed by atoms with Gasteiger partial charge in [-0.05, 0) is 131 Å². The Morgan fingerprint density at radius 2 is 1.00 bits per heavy atom. The van der Waals surface area contributed by atoms with Crippen LogP contribution in [0.1, 0.15) is 143 Å². The second kappa shape index (κ2) is 20.1. The molecule has 394 valence electrons. The van der Waals surface area contributed by atoms with Gasteiger partial charge < -0.3 is 21.3 Å². The molecule has 16 nitrogen and oxygen atoms in total. The minimum atomic E-state index is -4.47. The molecular weight excluding hydrogens is 1010 g/mol. The monoisotopic (exact) mass is 1060 g/mol. The van der Waals surface area contributed by atoms with E-state index in [1.807, 2.05) is 0 Å². The summed E-state index contributed by atoms with van der Waals surface area (Å²) in [4.78, 5) is 84.3. The second-order valence-electron chi connectivity index (χ2n) is 20.5. The second-order valence-corrected chi connectivity index (χ2v) is 20.9. The third-order valence-electron chi connectivity index (χ3n) is 16.1. The van der Waals surface area contributed by atoms with Crippen LogP contribution in [0.2, 0.25) is 5.02 Å². The highest BCUT2D eigenvalue weighted by Gasteiger charge is 2.56. The van der Waals surface area contributed by atoms with Gasteiger partial charge in [-0.3, -0.25) is 28.8 Å². The summed E-state index contributed by atoms with van der Waals surface area (Å²) in [5.74, 6) is -4.20. The first-order valence-corrected chi connectivity index (χ1v) is 24.7. The summed E-state index contributed by atoms with van der Waals surface area (Å²) >= 11 is 5.78. The van der Waals surface area contributed by atoms with Crippen molar-refractivity contribution >= 4 is 58.1 Å². The Bertz CT molecular complexity index is 3250. The van der Waals surface area contributed by atoms with Crippen molar-refractivity contribution in [2.45, 2.75) is 104 Å². The molecule has 5 aliphatic rings. The number of halogens is 7. The molecule has 0 saturated heterocycles. The Labute approximate surface area is 429 Å². The van der Waals surface area contributed by atoms with Crippen molar-refractivity contribution in [2.24, 2.45) is 21.7 Å². The summed E-state index contributed by atoms with van der Waals surface area (Å²) in [5.41, 5.74) is -1.69. The van der Waals surface area contributed by atoms with Gasteiger partial charge in [0.1, 0.15) is 40.2 Å². The van der Waals surface area contributed by atoms with E-state index in [0.717, 1.165) is 104 Å². The summed E-state index contributed by atoms with van der Waals surface area (Å²) in [6.07, 6.45) is 6.33. The van der Waals surface area contributed by atoms with Crippen LogP contribution >= 0.6 is 11.6 Å². The van der Waals surface area contributed by atoms with Crippen LogP contribution in [0.4, 0.5) is 26.3 Å².